The average Bonchev–Trinajstić information content (AvgIpc) is 2.04. The molecule has 1 aliphatic heterocycles. The summed E-state index contributed by atoms with van der Waals surface area (Å²) in [5.41, 5.74) is 0.239. The number of amides is 1. The normalized spacial score (nSPS) is 29.9. The molecule has 0 bridgehead atoms. The largest absolute Gasteiger partial charge is 0.343 e. The van der Waals surface area contributed by atoms with Crippen LogP contribution in [-0.4, -0.2) is 23.9 Å². The van der Waals surface area contributed by atoms with E-state index in [0.717, 1.165) is 25.9 Å². The first-order valence-corrected chi connectivity index (χ1v) is 5.27. The van der Waals surface area contributed by atoms with Gasteiger partial charge in [0.15, 0.2) is 0 Å². The molecular weight excluding hydrogens is 162 g/mol. The van der Waals surface area contributed by atoms with Gasteiger partial charge in [0, 0.05) is 19.5 Å². The van der Waals surface area contributed by atoms with Crippen molar-refractivity contribution in [1.82, 2.24) is 4.90 Å². The molecule has 2 heteroatoms. The maximum absolute atomic E-state index is 11.7. The van der Waals surface area contributed by atoms with E-state index >= 15 is 0 Å². The summed E-state index contributed by atoms with van der Waals surface area (Å²) in [5.74, 6) is 0.945. The fraction of sp³-hybridized carbons (Fsp3) is 0.909. The van der Waals surface area contributed by atoms with Crippen molar-refractivity contribution in [1.29, 1.82) is 0 Å². The fourth-order valence-electron chi connectivity index (χ4n) is 1.89. The van der Waals surface area contributed by atoms with Crippen LogP contribution in [0.2, 0.25) is 0 Å². The molecule has 1 fully saturated rings. The standard InChI is InChI=1S/C11H21NO/c1-5-12-7-6-11(4,9(2)3)8-10(12)13/h9H,5-8H2,1-4H3. The van der Waals surface area contributed by atoms with Crippen molar-refractivity contribution >= 4 is 5.91 Å². The van der Waals surface area contributed by atoms with Crippen LogP contribution < -0.4 is 0 Å². The lowest BCUT2D eigenvalue weighted by atomic mass is 9.71. The van der Waals surface area contributed by atoms with E-state index in [0.29, 0.717) is 11.8 Å². The number of carbonyl (C=O) groups is 1. The van der Waals surface area contributed by atoms with Gasteiger partial charge in [-0.3, -0.25) is 4.79 Å². The van der Waals surface area contributed by atoms with E-state index in [1.165, 1.54) is 0 Å². The van der Waals surface area contributed by atoms with Crippen molar-refractivity contribution < 1.29 is 4.79 Å². The van der Waals surface area contributed by atoms with Crippen LogP contribution in [0, 0.1) is 11.3 Å². The van der Waals surface area contributed by atoms with Gasteiger partial charge in [0.2, 0.25) is 5.91 Å². The highest BCUT2D eigenvalue weighted by Gasteiger charge is 2.36. The van der Waals surface area contributed by atoms with Crippen LogP contribution in [0.15, 0.2) is 0 Å². The summed E-state index contributed by atoms with van der Waals surface area (Å²) in [4.78, 5) is 13.6. The third kappa shape index (κ3) is 2.04. The molecular formula is C11H21NO. The van der Waals surface area contributed by atoms with Crippen LogP contribution in [-0.2, 0) is 4.79 Å². The summed E-state index contributed by atoms with van der Waals surface area (Å²) < 4.78 is 0. The van der Waals surface area contributed by atoms with E-state index in [4.69, 9.17) is 0 Å². The monoisotopic (exact) mass is 183 g/mol. The molecule has 1 amide bonds. The Bertz CT molecular complexity index is 200. The lowest BCUT2D eigenvalue weighted by Crippen LogP contribution is -2.44. The first-order valence-electron chi connectivity index (χ1n) is 5.27. The molecule has 0 aromatic heterocycles. The quantitative estimate of drug-likeness (QED) is 0.643. The second kappa shape index (κ2) is 3.69. The van der Waals surface area contributed by atoms with Gasteiger partial charge in [-0.2, -0.15) is 0 Å². The van der Waals surface area contributed by atoms with E-state index in [2.05, 4.69) is 27.7 Å². The van der Waals surface area contributed by atoms with E-state index in [9.17, 15) is 4.79 Å². The predicted molar refractivity (Wildman–Crippen MR) is 54.4 cm³/mol. The molecule has 0 aromatic rings. The molecule has 1 unspecified atom stereocenters. The van der Waals surface area contributed by atoms with Crippen molar-refractivity contribution in [2.24, 2.45) is 11.3 Å². The number of hydrogen-bond donors (Lipinski definition) is 0. The third-order valence-corrected chi connectivity index (χ3v) is 3.64. The summed E-state index contributed by atoms with van der Waals surface area (Å²) in [7, 11) is 0. The van der Waals surface area contributed by atoms with Gasteiger partial charge in [0.05, 0.1) is 0 Å². The van der Waals surface area contributed by atoms with Gasteiger partial charge >= 0.3 is 0 Å². The Morgan fingerprint density at radius 2 is 2.15 bits per heavy atom. The lowest BCUT2D eigenvalue weighted by Gasteiger charge is -2.41. The lowest BCUT2D eigenvalue weighted by molar-refractivity contribution is -0.138. The summed E-state index contributed by atoms with van der Waals surface area (Å²) in [6.07, 6.45) is 1.89. The summed E-state index contributed by atoms with van der Waals surface area (Å²) in [6.45, 7) is 10.5. The minimum Gasteiger partial charge on any atom is -0.343 e. The second-order valence-electron chi connectivity index (χ2n) is 4.71. The molecule has 1 rings (SSSR count). The Hall–Kier alpha value is -0.530. The van der Waals surface area contributed by atoms with Gasteiger partial charge in [0.1, 0.15) is 0 Å². The van der Waals surface area contributed by atoms with Crippen LogP contribution in [0.4, 0.5) is 0 Å². The molecule has 76 valence electrons. The Labute approximate surface area is 81.3 Å². The molecule has 0 aliphatic carbocycles. The van der Waals surface area contributed by atoms with Gasteiger partial charge in [-0.25, -0.2) is 0 Å². The number of carbonyl (C=O) groups excluding carboxylic acids is 1. The van der Waals surface area contributed by atoms with E-state index in [1.807, 2.05) is 4.90 Å². The molecule has 1 heterocycles. The van der Waals surface area contributed by atoms with Crippen LogP contribution in [0.3, 0.4) is 0 Å². The molecule has 0 spiro atoms. The van der Waals surface area contributed by atoms with Gasteiger partial charge in [-0.1, -0.05) is 20.8 Å². The molecule has 2 nitrogen and oxygen atoms in total. The Balaban J connectivity index is 2.64. The van der Waals surface area contributed by atoms with Gasteiger partial charge in [0.25, 0.3) is 0 Å². The summed E-state index contributed by atoms with van der Waals surface area (Å²) in [6, 6.07) is 0. The van der Waals surface area contributed by atoms with E-state index in [1.54, 1.807) is 0 Å². The molecule has 0 aromatic carbocycles. The van der Waals surface area contributed by atoms with E-state index < -0.39 is 0 Å². The molecule has 13 heavy (non-hydrogen) atoms. The van der Waals surface area contributed by atoms with Crippen molar-refractivity contribution in [2.75, 3.05) is 13.1 Å². The van der Waals surface area contributed by atoms with Crippen LogP contribution in [0.5, 0.6) is 0 Å². The molecule has 0 radical (unpaired) electrons. The van der Waals surface area contributed by atoms with E-state index in [-0.39, 0.29) is 5.41 Å². The first-order chi connectivity index (χ1) is 5.99. The first kappa shape index (κ1) is 10.6. The second-order valence-corrected chi connectivity index (χ2v) is 4.71. The van der Waals surface area contributed by atoms with Crippen molar-refractivity contribution in [3.05, 3.63) is 0 Å². The molecule has 1 atom stereocenters. The zero-order chi connectivity index (χ0) is 10.1. The molecule has 1 aliphatic rings. The predicted octanol–water partition coefficient (Wildman–Crippen LogP) is 2.29. The Morgan fingerprint density at radius 3 is 2.54 bits per heavy atom. The highest BCUT2D eigenvalue weighted by Crippen LogP contribution is 2.38. The van der Waals surface area contributed by atoms with Crippen LogP contribution >= 0.6 is 0 Å². The Kier molecular flexibility index (Phi) is 2.99. The average molecular weight is 183 g/mol. The zero-order valence-electron chi connectivity index (χ0n) is 9.26. The van der Waals surface area contributed by atoms with Crippen LogP contribution in [0.1, 0.15) is 40.5 Å². The fourth-order valence-corrected chi connectivity index (χ4v) is 1.89. The number of hydrogen-bond acceptors (Lipinski definition) is 1. The number of likely N-dealkylation sites (tertiary alicyclic amines) is 1. The van der Waals surface area contributed by atoms with Gasteiger partial charge in [-0.15, -0.1) is 0 Å². The van der Waals surface area contributed by atoms with Crippen LogP contribution in [0.25, 0.3) is 0 Å². The molecule has 0 N–H and O–H groups in total. The van der Waals surface area contributed by atoms with Gasteiger partial charge in [-0.05, 0) is 24.7 Å². The van der Waals surface area contributed by atoms with Crippen molar-refractivity contribution in [2.45, 2.75) is 40.5 Å². The summed E-state index contributed by atoms with van der Waals surface area (Å²) >= 11 is 0. The maximum atomic E-state index is 11.7. The smallest absolute Gasteiger partial charge is 0.223 e. The zero-order valence-corrected chi connectivity index (χ0v) is 9.26. The van der Waals surface area contributed by atoms with Gasteiger partial charge < -0.3 is 4.90 Å². The topological polar surface area (TPSA) is 20.3 Å². The SMILES string of the molecule is CCN1CCC(C)(C(C)C)CC1=O. The van der Waals surface area contributed by atoms with Crippen molar-refractivity contribution in [3.63, 3.8) is 0 Å². The maximum Gasteiger partial charge on any atom is 0.223 e. The number of nitrogens with zero attached hydrogens (tertiary/aromatic N) is 1. The number of rotatable bonds is 2. The highest BCUT2D eigenvalue weighted by molar-refractivity contribution is 5.77. The highest BCUT2D eigenvalue weighted by atomic mass is 16.2. The molecule has 0 saturated carbocycles. The third-order valence-electron chi connectivity index (χ3n) is 3.64. The summed E-state index contributed by atoms with van der Waals surface area (Å²) in [5, 5.41) is 0. The minimum atomic E-state index is 0.239. The van der Waals surface area contributed by atoms with Crippen molar-refractivity contribution in [3.8, 4) is 0 Å². The Morgan fingerprint density at radius 1 is 1.54 bits per heavy atom. The minimum absolute atomic E-state index is 0.239. The number of piperidine rings is 1. The molecule has 1 saturated heterocycles.